The second-order valence-corrected chi connectivity index (χ2v) is 9.75. The highest BCUT2D eigenvalue weighted by Crippen LogP contribution is 2.49. The molecule has 1 aliphatic carbocycles. The van der Waals surface area contributed by atoms with Crippen LogP contribution >= 0.6 is 19.7 Å². The molecule has 0 saturated carbocycles. The zero-order valence-electron chi connectivity index (χ0n) is 13.8. The molecule has 2 aromatic rings. The Balaban J connectivity index is 2.04. The first-order valence-electron chi connectivity index (χ1n) is 8.19. The van der Waals surface area contributed by atoms with Crippen LogP contribution in [-0.4, -0.2) is 11.5 Å². The predicted octanol–water partition coefficient (Wildman–Crippen LogP) is 5.21. The molecule has 2 aromatic carbocycles. The molecule has 118 valence electrons. The highest BCUT2D eigenvalue weighted by molar-refractivity contribution is 7.99. The van der Waals surface area contributed by atoms with E-state index in [0.717, 1.165) is 6.42 Å². The minimum absolute atomic E-state index is 0.678. The lowest BCUT2D eigenvalue weighted by atomic mass is 10.1. The molecule has 0 amide bonds. The summed E-state index contributed by atoms with van der Waals surface area (Å²) in [5.41, 5.74) is 1.58. The monoisotopic (exact) mass is 339 g/mol. The van der Waals surface area contributed by atoms with E-state index in [2.05, 4.69) is 86.0 Å². The Morgan fingerprint density at radius 3 is 2.04 bits per heavy atom. The Bertz CT molecular complexity index is 649. The van der Waals surface area contributed by atoms with Crippen molar-refractivity contribution in [1.29, 1.82) is 0 Å². The summed E-state index contributed by atoms with van der Waals surface area (Å²) >= 11 is 1.96. The third-order valence-corrected chi connectivity index (χ3v) is 8.29. The van der Waals surface area contributed by atoms with Crippen molar-refractivity contribution in [1.82, 2.24) is 0 Å². The minimum atomic E-state index is -0.871. The summed E-state index contributed by atoms with van der Waals surface area (Å²) in [6.45, 7) is 2.33. The van der Waals surface area contributed by atoms with Gasteiger partial charge in [-0.2, -0.15) is 11.8 Å². The average Bonchev–Trinajstić information content (AvgIpc) is 3.05. The Morgan fingerprint density at radius 2 is 1.52 bits per heavy atom. The van der Waals surface area contributed by atoms with E-state index in [-0.39, 0.29) is 0 Å². The zero-order chi connectivity index (χ0) is 16.1. The molecule has 0 aromatic heterocycles. The van der Waals surface area contributed by atoms with E-state index in [1.54, 1.807) is 10.9 Å². The van der Waals surface area contributed by atoms with Crippen molar-refractivity contribution >= 4 is 30.3 Å². The summed E-state index contributed by atoms with van der Waals surface area (Å²) in [6, 6.07) is 22.2. The lowest BCUT2D eigenvalue weighted by Crippen LogP contribution is -2.13. The molecule has 0 nitrogen and oxygen atoms in total. The van der Waals surface area contributed by atoms with Crippen LogP contribution < -0.4 is 10.6 Å². The largest absolute Gasteiger partial charge is 0.162 e. The third-order valence-electron chi connectivity index (χ3n) is 4.37. The zero-order valence-corrected chi connectivity index (χ0v) is 15.6. The smallest absolute Gasteiger partial charge is 0.102 e. The molecule has 1 aliphatic rings. The van der Waals surface area contributed by atoms with Gasteiger partial charge in [-0.15, -0.1) is 0 Å². The maximum atomic E-state index is 2.37. The molecule has 0 radical (unpaired) electrons. The normalized spacial score (nSPS) is 15.4. The van der Waals surface area contributed by atoms with Gasteiger partial charge in [0.05, 0.1) is 13.2 Å². The van der Waals surface area contributed by atoms with Crippen molar-refractivity contribution in [2.75, 3.05) is 6.26 Å². The van der Waals surface area contributed by atoms with Crippen LogP contribution in [0.25, 0.3) is 0 Å². The number of benzene rings is 2. The number of allylic oxidation sites excluding steroid dienone is 4. The van der Waals surface area contributed by atoms with E-state index in [9.17, 15) is 0 Å². The quantitative estimate of drug-likeness (QED) is 0.651. The van der Waals surface area contributed by atoms with Crippen molar-refractivity contribution in [3.63, 3.8) is 0 Å². The van der Waals surface area contributed by atoms with Crippen LogP contribution in [0.4, 0.5) is 0 Å². The van der Waals surface area contributed by atoms with Gasteiger partial charge in [-0.3, -0.25) is 0 Å². The molecule has 0 heterocycles. The Hall–Kier alpha value is -1.30. The molecule has 2 heteroatoms. The van der Waals surface area contributed by atoms with Gasteiger partial charge in [-0.25, -0.2) is 0 Å². The first-order valence-corrected chi connectivity index (χ1v) is 11.0. The van der Waals surface area contributed by atoms with Gasteiger partial charge in [-0.1, -0.05) is 55.5 Å². The topological polar surface area (TPSA) is 0 Å². The molecule has 0 N–H and O–H groups in total. The molecular weight excluding hydrogens is 315 g/mol. The van der Waals surface area contributed by atoms with E-state index >= 15 is 0 Å². The van der Waals surface area contributed by atoms with Gasteiger partial charge in [0.1, 0.15) is 10.6 Å². The van der Waals surface area contributed by atoms with Crippen molar-refractivity contribution in [2.24, 2.45) is 0 Å². The molecule has 0 aliphatic heterocycles. The van der Waals surface area contributed by atoms with E-state index in [4.69, 9.17) is 0 Å². The molecule has 1 atom stereocenters. The van der Waals surface area contributed by atoms with Crippen LogP contribution in [-0.2, 0) is 0 Å². The molecule has 0 bridgehead atoms. The maximum absolute atomic E-state index is 2.37. The highest BCUT2D eigenvalue weighted by Gasteiger charge is 2.31. The summed E-state index contributed by atoms with van der Waals surface area (Å²) in [6.07, 6.45) is 9.24. The number of thioether (sulfide) groups is 1. The summed E-state index contributed by atoms with van der Waals surface area (Å²) < 4.78 is 0. The number of rotatable bonds is 6. The number of hydrogen-bond donors (Lipinski definition) is 0. The van der Waals surface area contributed by atoms with Crippen LogP contribution in [0.2, 0.25) is 0 Å². The van der Waals surface area contributed by atoms with Crippen LogP contribution in [0.15, 0.2) is 83.7 Å². The second kappa shape index (κ2) is 7.99. The van der Waals surface area contributed by atoms with Gasteiger partial charge in [0.15, 0.2) is 0 Å². The van der Waals surface area contributed by atoms with Crippen molar-refractivity contribution < 1.29 is 0 Å². The molecule has 0 spiro atoms. The second-order valence-electron chi connectivity index (χ2n) is 5.97. The lowest BCUT2D eigenvalue weighted by molar-refractivity contribution is 0.949. The van der Waals surface area contributed by atoms with Gasteiger partial charge in [0.2, 0.25) is 0 Å². The maximum Gasteiger partial charge on any atom is 0.102 e. The first kappa shape index (κ1) is 16.6. The summed E-state index contributed by atoms with van der Waals surface area (Å²) in [4.78, 5) is 0. The molecule has 1 unspecified atom stereocenters. The predicted molar refractivity (Wildman–Crippen MR) is 109 cm³/mol. The Labute approximate surface area is 145 Å². The Kier molecular flexibility index (Phi) is 5.75. The highest BCUT2D eigenvalue weighted by atomic mass is 32.2. The molecule has 0 fully saturated rings. The van der Waals surface area contributed by atoms with Crippen LogP contribution in [0.3, 0.4) is 0 Å². The standard InChI is InChI=1S/C21H23PS/c1-17(23-2)16-18-10-9-15-21(18)22(19-11-5-3-6-12-19)20-13-7-4-8-14-20/h3-14,17H,15-16H2,1-2H3/p+1. The molecule has 23 heavy (non-hydrogen) atoms. The fourth-order valence-corrected chi connectivity index (χ4v) is 6.38. The van der Waals surface area contributed by atoms with Gasteiger partial charge in [-0.05, 0) is 42.5 Å². The van der Waals surface area contributed by atoms with E-state index in [0.29, 0.717) is 5.25 Å². The van der Waals surface area contributed by atoms with E-state index in [1.165, 1.54) is 17.0 Å². The summed E-state index contributed by atoms with van der Waals surface area (Å²) in [7, 11) is -0.871. The van der Waals surface area contributed by atoms with Crippen LogP contribution in [0, 0.1) is 0 Å². The molecule has 0 saturated heterocycles. The van der Waals surface area contributed by atoms with Crippen molar-refractivity contribution in [3.8, 4) is 0 Å². The Morgan fingerprint density at radius 1 is 0.957 bits per heavy atom. The fourth-order valence-electron chi connectivity index (χ4n) is 3.12. The molecular formula is C21H24PS+. The van der Waals surface area contributed by atoms with Crippen molar-refractivity contribution in [3.05, 3.63) is 83.7 Å². The number of hydrogen-bond acceptors (Lipinski definition) is 1. The SMILES string of the molecule is CSC(C)CC1=C([PH+](c2ccccc2)c2ccccc2)CC=C1. The minimum Gasteiger partial charge on any atom is -0.162 e. The summed E-state index contributed by atoms with van der Waals surface area (Å²) in [5, 5.41) is 5.35. The van der Waals surface area contributed by atoms with Crippen molar-refractivity contribution in [2.45, 2.75) is 25.0 Å². The average molecular weight is 339 g/mol. The fraction of sp³-hybridized carbons (Fsp3) is 0.238. The van der Waals surface area contributed by atoms with Gasteiger partial charge >= 0.3 is 0 Å². The van der Waals surface area contributed by atoms with Gasteiger partial charge < -0.3 is 0 Å². The third kappa shape index (κ3) is 3.97. The lowest BCUT2D eigenvalue weighted by Gasteiger charge is -2.15. The van der Waals surface area contributed by atoms with Gasteiger partial charge in [0, 0.05) is 11.7 Å². The first-order chi connectivity index (χ1) is 11.3. The summed E-state index contributed by atoms with van der Waals surface area (Å²) in [5.74, 6) is 0. The van der Waals surface area contributed by atoms with Crippen LogP contribution in [0.5, 0.6) is 0 Å². The van der Waals surface area contributed by atoms with Gasteiger partial charge in [0.25, 0.3) is 0 Å². The van der Waals surface area contributed by atoms with E-state index < -0.39 is 7.92 Å². The van der Waals surface area contributed by atoms with E-state index in [1.807, 2.05) is 11.8 Å². The molecule has 3 rings (SSSR count). The van der Waals surface area contributed by atoms with Crippen LogP contribution in [0.1, 0.15) is 19.8 Å².